The van der Waals surface area contributed by atoms with Crippen molar-refractivity contribution in [1.29, 1.82) is 0 Å². The second-order valence-corrected chi connectivity index (χ2v) is 8.57. The van der Waals surface area contributed by atoms with Gasteiger partial charge >= 0.3 is 0 Å². The topological polar surface area (TPSA) is 87.3 Å². The predicted molar refractivity (Wildman–Crippen MR) is 128 cm³/mol. The lowest BCUT2D eigenvalue weighted by Crippen LogP contribution is -2.34. The van der Waals surface area contributed by atoms with Gasteiger partial charge in [-0.3, -0.25) is 14.4 Å². The molecule has 0 saturated carbocycles. The number of rotatable bonds is 10. The third-order valence-corrected chi connectivity index (χ3v) is 5.88. The molecule has 0 aliphatic heterocycles. The molecular formula is C25H26FN3O3S. The smallest absolute Gasteiger partial charge is 0.251 e. The van der Waals surface area contributed by atoms with Crippen LogP contribution < -0.4 is 16.0 Å². The van der Waals surface area contributed by atoms with Gasteiger partial charge in [0.15, 0.2) is 0 Å². The van der Waals surface area contributed by atoms with Gasteiger partial charge in [-0.15, -0.1) is 11.3 Å². The van der Waals surface area contributed by atoms with Gasteiger partial charge < -0.3 is 16.0 Å². The molecule has 0 aliphatic rings. The van der Waals surface area contributed by atoms with Gasteiger partial charge in [-0.2, -0.15) is 0 Å². The van der Waals surface area contributed by atoms with Crippen LogP contribution >= 0.6 is 11.3 Å². The van der Waals surface area contributed by atoms with Gasteiger partial charge in [0.25, 0.3) is 11.8 Å². The van der Waals surface area contributed by atoms with Crippen molar-refractivity contribution in [3.05, 3.63) is 87.4 Å². The highest BCUT2D eigenvalue weighted by atomic mass is 32.1. The summed E-state index contributed by atoms with van der Waals surface area (Å²) in [6, 6.07) is 15.0. The maximum atomic E-state index is 13.6. The molecule has 172 valence electrons. The van der Waals surface area contributed by atoms with Crippen molar-refractivity contribution in [2.75, 3.05) is 18.4 Å². The molecule has 6 nitrogen and oxygen atoms in total. The lowest BCUT2D eigenvalue weighted by Gasteiger charge is -2.09. The number of nitrogens with one attached hydrogen (secondary N) is 3. The van der Waals surface area contributed by atoms with E-state index in [-0.39, 0.29) is 30.5 Å². The van der Waals surface area contributed by atoms with E-state index in [4.69, 9.17) is 0 Å². The van der Waals surface area contributed by atoms with Gasteiger partial charge in [0, 0.05) is 41.2 Å². The number of aryl methyl sites for hydroxylation is 2. The van der Waals surface area contributed by atoms with Crippen LogP contribution in [0.1, 0.15) is 44.0 Å². The first-order valence-corrected chi connectivity index (χ1v) is 11.5. The molecule has 0 bridgehead atoms. The predicted octanol–water partition coefficient (Wildman–Crippen LogP) is 4.32. The number of hydrogen-bond acceptors (Lipinski definition) is 4. The molecular weight excluding hydrogens is 441 g/mol. The second-order valence-electron chi connectivity index (χ2n) is 7.54. The molecule has 3 amide bonds. The van der Waals surface area contributed by atoms with Crippen LogP contribution in [-0.2, 0) is 11.2 Å². The zero-order valence-corrected chi connectivity index (χ0v) is 19.1. The monoisotopic (exact) mass is 467 g/mol. The summed E-state index contributed by atoms with van der Waals surface area (Å²) in [5, 5.41) is 10.2. The Morgan fingerprint density at radius 2 is 1.64 bits per heavy atom. The lowest BCUT2D eigenvalue weighted by atomic mass is 10.1. The molecule has 0 spiro atoms. The van der Waals surface area contributed by atoms with Crippen molar-refractivity contribution >= 4 is 34.7 Å². The fourth-order valence-electron chi connectivity index (χ4n) is 3.13. The third-order valence-electron chi connectivity index (χ3n) is 4.95. The highest BCUT2D eigenvalue weighted by Crippen LogP contribution is 2.14. The number of carbonyl (C=O) groups is 3. The SMILES string of the molecule is Cc1ccc(C(=O)NCCNC(=O)c2cccc(NC(=O)CCCc3cccs3)c2)cc1F. The van der Waals surface area contributed by atoms with Gasteiger partial charge in [-0.25, -0.2) is 4.39 Å². The number of amides is 3. The molecule has 3 N–H and O–H groups in total. The molecule has 3 rings (SSSR count). The van der Waals surface area contributed by atoms with E-state index in [1.807, 2.05) is 11.4 Å². The van der Waals surface area contributed by atoms with Crippen LogP contribution in [0.3, 0.4) is 0 Å². The van der Waals surface area contributed by atoms with Gasteiger partial charge in [-0.05, 0) is 67.1 Å². The number of carbonyl (C=O) groups excluding carboxylic acids is 3. The summed E-state index contributed by atoms with van der Waals surface area (Å²) in [5.41, 5.74) is 1.65. The molecule has 8 heteroatoms. The Bertz CT molecular complexity index is 1120. The van der Waals surface area contributed by atoms with Gasteiger partial charge in [-0.1, -0.05) is 18.2 Å². The molecule has 1 heterocycles. The van der Waals surface area contributed by atoms with E-state index in [9.17, 15) is 18.8 Å². The zero-order valence-electron chi connectivity index (χ0n) is 18.3. The van der Waals surface area contributed by atoms with Crippen LogP contribution in [0, 0.1) is 12.7 Å². The largest absolute Gasteiger partial charge is 0.350 e. The first-order valence-electron chi connectivity index (χ1n) is 10.7. The molecule has 1 aromatic heterocycles. The number of anilines is 1. The summed E-state index contributed by atoms with van der Waals surface area (Å²) in [5.74, 6) is -1.27. The highest BCUT2D eigenvalue weighted by Gasteiger charge is 2.10. The van der Waals surface area contributed by atoms with E-state index in [0.29, 0.717) is 23.2 Å². The van der Waals surface area contributed by atoms with Crippen molar-refractivity contribution in [1.82, 2.24) is 10.6 Å². The molecule has 0 fully saturated rings. The van der Waals surface area contributed by atoms with Gasteiger partial charge in [0.05, 0.1) is 0 Å². The van der Waals surface area contributed by atoms with E-state index in [0.717, 1.165) is 12.8 Å². The Morgan fingerprint density at radius 3 is 2.30 bits per heavy atom. The Balaban J connectivity index is 1.40. The minimum Gasteiger partial charge on any atom is -0.350 e. The fraction of sp³-hybridized carbons (Fsp3) is 0.240. The van der Waals surface area contributed by atoms with E-state index < -0.39 is 11.7 Å². The molecule has 0 atom stereocenters. The van der Waals surface area contributed by atoms with Crippen molar-refractivity contribution in [3.8, 4) is 0 Å². The second kappa shape index (κ2) is 11.9. The summed E-state index contributed by atoms with van der Waals surface area (Å²) in [6.07, 6.45) is 2.02. The first kappa shape index (κ1) is 24.1. The van der Waals surface area contributed by atoms with Gasteiger partial charge in [0.1, 0.15) is 5.82 Å². The average molecular weight is 468 g/mol. The third kappa shape index (κ3) is 7.54. The number of benzene rings is 2. The Labute approximate surface area is 196 Å². The molecule has 0 unspecified atom stereocenters. The van der Waals surface area contributed by atoms with E-state index >= 15 is 0 Å². The van der Waals surface area contributed by atoms with Crippen molar-refractivity contribution in [2.45, 2.75) is 26.2 Å². The summed E-state index contributed by atoms with van der Waals surface area (Å²) in [4.78, 5) is 37.9. The summed E-state index contributed by atoms with van der Waals surface area (Å²) in [6.45, 7) is 2.03. The molecule has 33 heavy (non-hydrogen) atoms. The molecule has 2 aromatic carbocycles. The maximum Gasteiger partial charge on any atom is 0.251 e. The zero-order chi connectivity index (χ0) is 23.6. The highest BCUT2D eigenvalue weighted by molar-refractivity contribution is 7.09. The van der Waals surface area contributed by atoms with Crippen molar-refractivity contribution in [2.24, 2.45) is 0 Å². The minimum absolute atomic E-state index is 0.0978. The number of thiophene rings is 1. The van der Waals surface area contributed by atoms with Crippen LogP contribution in [0.5, 0.6) is 0 Å². The van der Waals surface area contributed by atoms with Crippen molar-refractivity contribution in [3.63, 3.8) is 0 Å². The van der Waals surface area contributed by atoms with E-state index in [1.165, 1.54) is 10.9 Å². The maximum absolute atomic E-state index is 13.6. The normalized spacial score (nSPS) is 10.5. The Morgan fingerprint density at radius 1 is 0.909 bits per heavy atom. The van der Waals surface area contributed by atoms with Crippen LogP contribution in [0.4, 0.5) is 10.1 Å². The van der Waals surface area contributed by atoms with E-state index in [1.54, 1.807) is 54.7 Å². The average Bonchev–Trinajstić information content (AvgIpc) is 3.32. The number of hydrogen-bond donors (Lipinski definition) is 3. The summed E-state index contributed by atoms with van der Waals surface area (Å²) < 4.78 is 13.6. The van der Waals surface area contributed by atoms with Gasteiger partial charge in [0.2, 0.25) is 5.91 Å². The first-order chi connectivity index (χ1) is 15.9. The lowest BCUT2D eigenvalue weighted by molar-refractivity contribution is -0.116. The number of halogens is 1. The van der Waals surface area contributed by atoms with Crippen LogP contribution in [0.2, 0.25) is 0 Å². The quantitative estimate of drug-likeness (QED) is 0.388. The Hall–Kier alpha value is -3.52. The molecule has 0 radical (unpaired) electrons. The van der Waals surface area contributed by atoms with Crippen LogP contribution in [0.25, 0.3) is 0 Å². The molecule has 3 aromatic rings. The minimum atomic E-state index is -0.439. The summed E-state index contributed by atoms with van der Waals surface area (Å²) >= 11 is 1.68. The Kier molecular flexibility index (Phi) is 8.71. The van der Waals surface area contributed by atoms with Crippen LogP contribution in [-0.4, -0.2) is 30.8 Å². The van der Waals surface area contributed by atoms with Crippen molar-refractivity contribution < 1.29 is 18.8 Å². The molecule has 0 aliphatic carbocycles. The van der Waals surface area contributed by atoms with E-state index in [2.05, 4.69) is 22.0 Å². The molecule has 0 saturated heterocycles. The fourth-order valence-corrected chi connectivity index (χ4v) is 3.88. The standard InChI is InChI=1S/C25H26FN3O3S/c1-17-10-11-19(16-22(17)26)25(32)28-13-12-27-24(31)18-5-2-6-20(15-18)29-23(30)9-3-7-21-8-4-14-33-21/h2,4-6,8,10-11,14-16H,3,7,9,12-13H2,1H3,(H,27,31)(H,28,32)(H,29,30). The van der Waals surface area contributed by atoms with Crippen LogP contribution in [0.15, 0.2) is 60.0 Å². The summed E-state index contributed by atoms with van der Waals surface area (Å²) in [7, 11) is 0.